The van der Waals surface area contributed by atoms with Gasteiger partial charge in [0.25, 0.3) is 0 Å². The highest BCUT2D eigenvalue weighted by molar-refractivity contribution is 5.82. The molecule has 10 heteroatoms. The smallest absolute Gasteiger partial charge is 0.306 e. The van der Waals surface area contributed by atoms with E-state index in [0.717, 1.165) is 56.8 Å². The van der Waals surface area contributed by atoms with E-state index in [1.807, 2.05) is 48.7 Å². The molecule has 3 aromatic heterocycles. The highest BCUT2D eigenvalue weighted by Gasteiger charge is 2.44. The summed E-state index contributed by atoms with van der Waals surface area (Å²) in [5.41, 5.74) is 7.50. The molecule has 0 aliphatic heterocycles. The summed E-state index contributed by atoms with van der Waals surface area (Å²) >= 11 is 0. The minimum atomic E-state index is -0.718. The molecule has 1 unspecified atom stereocenters. The summed E-state index contributed by atoms with van der Waals surface area (Å²) in [6, 6.07) is 39.5. The highest BCUT2D eigenvalue weighted by Crippen LogP contribution is 2.46. The Morgan fingerprint density at radius 1 is 0.814 bits per heavy atom. The van der Waals surface area contributed by atoms with E-state index in [-0.39, 0.29) is 30.5 Å². The molecule has 7 aromatic rings. The Morgan fingerprint density at radius 3 is 2.19 bits per heavy atom. The Balaban J connectivity index is 1.13. The minimum Gasteiger partial charge on any atom is -0.494 e. The Kier molecular flexibility index (Phi) is 11.6. The number of esters is 1. The van der Waals surface area contributed by atoms with E-state index >= 15 is 0 Å². The Labute approximate surface area is 342 Å². The summed E-state index contributed by atoms with van der Waals surface area (Å²) in [4.78, 5) is 28.0. The number of rotatable bonds is 15. The number of aromatic nitrogens is 4. The summed E-state index contributed by atoms with van der Waals surface area (Å²) in [5.74, 6) is -0.172. The van der Waals surface area contributed by atoms with Crippen LogP contribution >= 0.6 is 0 Å². The lowest BCUT2D eigenvalue weighted by molar-refractivity contribution is -0.142. The monoisotopic (exact) mass is 785 g/mol. The van der Waals surface area contributed by atoms with Gasteiger partial charge in [0.05, 0.1) is 32.0 Å². The van der Waals surface area contributed by atoms with Crippen molar-refractivity contribution in [2.24, 2.45) is 5.92 Å². The van der Waals surface area contributed by atoms with Gasteiger partial charge in [0.1, 0.15) is 28.4 Å². The van der Waals surface area contributed by atoms with Gasteiger partial charge in [-0.05, 0) is 84.6 Å². The maximum Gasteiger partial charge on any atom is 0.306 e. The number of allylic oxidation sites excluding steroid dienone is 4. The number of ether oxygens (including phenoxy) is 2. The van der Waals surface area contributed by atoms with Crippen molar-refractivity contribution in [1.29, 1.82) is 0 Å². The third-order valence-corrected chi connectivity index (χ3v) is 10.8. The zero-order valence-corrected chi connectivity index (χ0v) is 32.7. The van der Waals surface area contributed by atoms with Gasteiger partial charge in [-0.2, -0.15) is 5.10 Å². The molecule has 59 heavy (non-hydrogen) atoms. The number of carbonyl (C=O) groups is 2. The number of fused-ring (bicyclic) bond motifs is 1. The molecular formula is C49H44FN5O4. The normalized spacial score (nSPS) is 13.7. The van der Waals surface area contributed by atoms with Crippen molar-refractivity contribution < 1.29 is 23.5 Å². The number of hydrogen-bond donors (Lipinski definition) is 1. The fraction of sp³-hybridized carbons (Fsp3) is 0.184. The average molecular weight is 786 g/mol. The highest BCUT2D eigenvalue weighted by atomic mass is 19.1. The number of benzene rings is 4. The zero-order chi connectivity index (χ0) is 40.6. The molecule has 0 fully saturated rings. The predicted molar refractivity (Wildman–Crippen MR) is 227 cm³/mol. The van der Waals surface area contributed by atoms with Gasteiger partial charge in [-0.25, -0.2) is 9.37 Å². The first-order valence-corrected chi connectivity index (χ1v) is 19.8. The van der Waals surface area contributed by atoms with Crippen molar-refractivity contribution in [1.82, 2.24) is 24.5 Å². The van der Waals surface area contributed by atoms with Gasteiger partial charge in [-0.3, -0.25) is 18.7 Å². The van der Waals surface area contributed by atoms with Gasteiger partial charge >= 0.3 is 5.97 Å². The second-order valence-corrected chi connectivity index (χ2v) is 14.4. The van der Waals surface area contributed by atoms with Crippen LogP contribution in [0.4, 0.5) is 4.39 Å². The Morgan fingerprint density at radius 2 is 1.51 bits per heavy atom. The van der Waals surface area contributed by atoms with Gasteiger partial charge in [0, 0.05) is 53.5 Å². The van der Waals surface area contributed by atoms with Crippen LogP contribution in [0.3, 0.4) is 0 Å². The maximum atomic E-state index is 14.4. The van der Waals surface area contributed by atoms with Crippen LogP contribution in [0.2, 0.25) is 0 Å². The fourth-order valence-electron chi connectivity index (χ4n) is 7.86. The lowest BCUT2D eigenvalue weighted by Gasteiger charge is -2.41. The van der Waals surface area contributed by atoms with Crippen molar-refractivity contribution in [3.63, 3.8) is 0 Å². The number of hydrogen-bond acceptors (Lipinski definition) is 6. The van der Waals surface area contributed by atoms with Crippen LogP contribution in [0, 0.1) is 11.7 Å². The number of nitrogens with zero attached hydrogens (tertiary/aromatic N) is 4. The van der Waals surface area contributed by atoms with E-state index in [4.69, 9.17) is 14.8 Å². The van der Waals surface area contributed by atoms with Gasteiger partial charge in [-0.1, -0.05) is 85.0 Å². The van der Waals surface area contributed by atoms with Crippen molar-refractivity contribution in [3.8, 4) is 39.4 Å². The number of imidazole rings is 1. The van der Waals surface area contributed by atoms with E-state index in [1.165, 1.54) is 19.2 Å². The number of halogens is 1. The van der Waals surface area contributed by atoms with Gasteiger partial charge in [0.2, 0.25) is 5.91 Å². The summed E-state index contributed by atoms with van der Waals surface area (Å²) in [7, 11) is 1.30. The SMILES string of the molecule is COC(=O)CCC(=O)NCCCOc1ccc(-c2cnc3ccc(-c4cn(C(c5ccccc5)(c5ccccc5)C5C=CC=CC5)nc4-c4ccc(F)cc4)cn23)cc1. The predicted octanol–water partition coefficient (Wildman–Crippen LogP) is 9.43. The molecule has 296 valence electrons. The standard InChI is InChI=1S/C49H44FN5O4/c1-58-47(57)29-28-46(56)51-30-11-31-59-42-25-20-35(21-26-42)44-32-52-45-27-22-37(33-54(44)45)43-34-55(53-48(43)36-18-23-41(50)24-19-36)49(38-12-5-2-6-13-38,39-14-7-3-8-15-39)40-16-9-4-10-17-40/h2-10,12-16,18-27,32-34,40H,11,17,28-31H2,1H3,(H,51,56). The summed E-state index contributed by atoms with van der Waals surface area (Å²) in [5, 5.41) is 8.27. The largest absolute Gasteiger partial charge is 0.494 e. The van der Waals surface area contributed by atoms with Gasteiger partial charge in [-0.15, -0.1) is 0 Å². The third-order valence-electron chi connectivity index (χ3n) is 10.8. The first-order valence-electron chi connectivity index (χ1n) is 19.8. The van der Waals surface area contributed by atoms with Crippen LogP contribution < -0.4 is 10.1 Å². The van der Waals surface area contributed by atoms with Crippen LogP contribution in [0.25, 0.3) is 39.3 Å². The van der Waals surface area contributed by atoms with E-state index in [1.54, 1.807) is 12.1 Å². The number of nitrogens with one attached hydrogen (secondary N) is 1. The van der Waals surface area contributed by atoms with E-state index < -0.39 is 11.5 Å². The van der Waals surface area contributed by atoms with Crippen molar-refractivity contribution in [3.05, 3.63) is 181 Å². The fourth-order valence-corrected chi connectivity index (χ4v) is 7.86. The quantitative estimate of drug-likeness (QED) is 0.0822. The molecule has 1 atom stereocenters. The van der Waals surface area contributed by atoms with E-state index in [0.29, 0.717) is 25.3 Å². The van der Waals surface area contributed by atoms with Crippen molar-refractivity contribution in [2.75, 3.05) is 20.3 Å². The van der Waals surface area contributed by atoms with Gasteiger partial charge in [0.15, 0.2) is 0 Å². The molecule has 1 aliphatic rings. The maximum absolute atomic E-state index is 14.4. The summed E-state index contributed by atoms with van der Waals surface area (Å²) < 4.78 is 29.1. The molecule has 0 bridgehead atoms. The summed E-state index contributed by atoms with van der Waals surface area (Å²) in [6.45, 7) is 0.863. The molecule has 1 N–H and O–H groups in total. The number of carbonyl (C=O) groups excluding carboxylic acids is 2. The molecule has 0 spiro atoms. The second kappa shape index (κ2) is 17.6. The van der Waals surface area contributed by atoms with Crippen LogP contribution in [0.15, 0.2) is 164 Å². The van der Waals surface area contributed by atoms with E-state index in [9.17, 15) is 14.0 Å². The topological polar surface area (TPSA) is 99.8 Å². The van der Waals surface area contributed by atoms with Crippen molar-refractivity contribution >= 4 is 17.5 Å². The lowest BCUT2D eigenvalue weighted by Crippen LogP contribution is -2.43. The molecule has 9 nitrogen and oxygen atoms in total. The average Bonchev–Trinajstić information content (AvgIpc) is 3.93. The Hall–Kier alpha value is -7.07. The molecule has 3 heterocycles. The van der Waals surface area contributed by atoms with Crippen molar-refractivity contribution in [2.45, 2.75) is 31.2 Å². The second-order valence-electron chi connectivity index (χ2n) is 14.4. The number of amides is 1. The molecule has 0 radical (unpaired) electrons. The zero-order valence-electron chi connectivity index (χ0n) is 32.7. The van der Waals surface area contributed by atoms with E-state index in [2.05, 4.69) is 110 Å². The number of pyridine rings is 1. The molecule has 1 amide bonds. The molecule has 0 saturated carbocycles. The molecular weight excluding hydrogens is 742 g/mol. The van der Waals surface area contributed by atoms with Crippen LogP contribution in [0.1, 0.15) is 36.8 Å². The number of methoxy groups -OCH3 is 1. The summed E-state index contributed by atoms with van der Waals surface area (Å²) in [6.07, 6.45) is 16.4. The van der Waals surface area contributed by atoms with Crippen LogP contribution in [0.5, 0.6) is 5.75 Å². The Bertz CT molecular complexity index is 2560. The molecule has 8 rings (SSSR count). The first kappa shape index (κ1) is 38.8. The van der Waals surface area contributed by atoms with Crippen LogP contribution in [-0.2, 0) is 19.9 Å². The minimum absolute atomic E-state index is 0.0333. The van der Waals surface area contributed by atoms with Gasteiger partial charge < -0.3 is 14.8 Å². The molecule has 4 aromatic carbocycles. The van der Waals surface area contributed by atoms with Crippen LogP contribution in [-0.4, -0.2) is 51.3 Å². The molecule has 0 saturated heterocycles. The third kappa shape index (κ3) is 8.20. The molecule has 1 aliphatic carbocycles. The first-order chi connectivity index (χ1) is 28.9. The lowest BCUT2D eigenvalue weighted by atomic mass is 9.70.